The second kappa shape index (κ2) is 9.23. The van der Waals surface area contributed by atoms with Gasteiger partial charge in [0.25, 0.3) is 5.91 Å². The first-order valence-electron chi connectivity index (χ1n) is 9.71. The van der Waals surface area contributed by atoms with Crippen LogP contribution in [-0.2, 0) is 4.79 Å². The maximum atomic E-state index is 13.4. The van der Waals surface area contributed by atoms with Crippen LogP contribution < -0.4 is 5.32 Å². The van der Waals surface area contributed by atoms with E-state index < -0.39 is 5.82 Å². The van der Waals surface area contributed by atoms with Gasteiger partial charge < -0.3 is 10.2 Å². The molecule has 0 saturated carbocycles. The predicted molar refractivity (Wildman–Crippen MR) is 114 cm³/mol. The third kappa shape index (κ3) is 5.07. The first kappa shape index (κ1) is 21.0. The molecule has 4 rings (SSSR count). The van der Waals surface area contributed by atoms with Gasteiger partial charge in [0.1, 0.15) is 18.5 Å². The van der Waals surface area contributed by atoms with Gasteiger partial charge in [0, 0.05) is 36.8 Å². The topological polar surface area (TPSA) is 83.4 Å². The first-order chi connectivity index (χ1) is 15.0. The molecule has 1 aliphatic heterocycles. The van der Waals surface area contributed by atoms with E-state index in [0.29, 0.717) is 48.1 Å². The van der Waals surface area contributed by atoms with Crippen LogP contribution in [0.25, 0.3) is 5.69 Å². The van der Waals surface area contributed by atoms with Crippen LogP contribution in [0.2, 0.25) is 5.02 Å². The van der Waals surface area contributed by atoms with E-state index in [9.17, 15) is 14.0 Å². The molecule has 8 nitrogen and oxygen atoms in total. The number of carbonyl (C=O) groups excluding carboxylic acids is 2. The zero-order valence-electron chi connectivity index (χ0n) is 16.5. The van der Waals surface area contributed by atoms with Gasteiger partial charge >= 0.3 is 0 Å². The van der Waals surface area contributed by atoms with Crippen LogP contribution in [0.5, 0.6) is 0 Å². The lowest BCUT2D eigenvalue weighted by atomic mass is 10.1. The fraction of sp³-hybridized carbons (Fsp3) is 0.238. The third-order valence-electron chi connectivity index (χ3n) is 5.00. The average molecular weight is 443 g/mol. The third-order valence-corrected chi connectivity index (χ3v) is 5.23. The fourth-order valence-electron chi connectivity index (χ4n) is 3.45. The van der Waals surface area contributed by atoms with E-state index in [1.807, 2.05) is 4.90 Å². The number of halogens is 2. The summed E-state index contributed by atoms with van der Waals surface area (Å²) >= 11 is 6.09. The molecule has 1 saturated heterocycles. The summed E-state index contributed by atoms with van der Waals surface area (Å²) in [5.41, 5.74) is 1.51. The van der Waals surface area contributed by atoms with Crippen molar-refractivity contribution in [2.24, 2.45) is 0 Å². The molecule has 31 heavy (non-hydrogen) atoms. The Morgan fingerprint density at radius 1 is 1.10 bits per heavy atom. The van der Waals surface area contributed by atoms with Gasteiger partial charge in [-0.05, 0) is 36.4 Å². The van der Waals surface area contributed by atoms with Crippen molar-refractivity contribution >= 4 is 29.1 Å². The zero-order chi connectivity index (χ0) is 21.8. The minimum absolute atomic E-state index is 0.172. The van der Waals surface area contributed by atoms with Gasteiger partial charge in [-0.2, -0.15) is 5.10 Å². The highest BCUT2D eigenvalue weighted by Crippen LogP contribution is 2.24. The molecule has 0 unspecified atom stereocenters. The van der Waals surface area contributed by atoms with E-state index in [1.54, 1.807) is 33.8 Å². The minimum atomic E-state index is -0.438. The Morgan fingerprint density at radius 2 is 1.90 bits per heavy atom. The van der Waals surface area contributed by atoms with Crippen molar-refractivity contribution in [2.45, 2.75) is 0 Å². The smallest absolute Gasteiger partial charge is 0.254 e. The van der Waals surface area contributed by atoms with Gasteiger partial charge in [-0.3, -0.25) is 14.5 Å². The highest BCUT2D eigenvalue weighted by atomic mass is 35.5. The molecule has 1 fully saturated rings. The van der Waals surface area contributed by atoms with E-state index in [2.05, 4.69) is 15.4 Å². The molecule has 0 atom stereocenters. The quantitative estimate of drug-likeness (QED) is 0.656. The van der Waals surface area contributed by atoms with Crippen LogP contribution in [0, 0.1) is 5.82 Å². The standard InChI is InChI=1S/C21H20ClFN6O2/c22-16-4-5-19(29-14-24-13-25-29)18(11-16)26-20(30)12-27-6-8-28(9-7-27)21(31)15-2-1-3-17(23)10-15/h1-5,10-11,13-14H,6-9,12H2,(H,26,30). The molecule has 160 valence electrons. The summed E-state index contributed by atoms with van der Waals surface area (Å²) in [6, 6.07) is 10.8. The molecule has 1 N–H and O–H groups in total. The summed E-state index contributed by atoms with van der Waals surface area (Å²) in [4.78, 5) is 32.7. The Hall–Kier alpha value is -3.30. The number of piperazine rings is 1. The summed E-state index contributed by atoms with van der Waals surface area (Å²) in [6.45, 7) is 2.18. The Bertz CT molecular complexity index is 1080. The molecule has 1 aromatic heterocycles. The van der Waals surface area contributed by atoms with Gasteiger partial charge in [-0.25, -0.2) is 14.1 Å². The Balaban J connectivity index is 1.34. The molecule has 0 aliphatic carbocycles. The Labute approximate surface area is 183 Å². The summed E-state index contributed by atoms with van der Waals surface area (Å²) < 4.78 is 14.9. The van der Waals surface area contributed by atoms with Crippen molar-refractivity contribution in [2.75, 3.05) is 38.0 Å². The molecule has 2 amide bonds. The molecular formula is C21H20ClFN6O2. The van der Waals surface area contributed by atoms with Crippen molar-refractivity contribution in [3.63, 3.8) is 0 Å². The van der Waals surface area contributed by atoms with Gasteiger partial charge in [0.15, 0.2) is 0 Å². The highest BCUT2D eigenvalue weighted by Gasteiger charge is 2.24. The van der Waals surface area contributed by atoms with Crippen LogP contribution >= 0.6 is 11.6 Å². The lowest BCUT2D eigenvalue weighted by Crippen LogP contribution is -2.50. The number of nitrogens with one attached hydrogen (secondary N) is 1. The molecule has 2 heterocycles. The second-order valence-electron chi connectivity index (χ2n) is 7.13. The summed E-state index contributed by atoms with van der Waals surface area (Å²) in [7, 11) is 0. The number of benzene rings is 2. The summed E-state index contributed by atoms with van der Waals surface area (Å²) in [6.07, 6.45) is 2.94. The Kier molecular flexibility index (Phi) is 6.24. The number of nitrogens with zero attached hydrogens (tertiary/aromatic N) is 5. The first-order valence-corrected chi connectivity index (χ1v) is 10.1. The molecule has 2 aromatic carbocycles. The number of hydrogen-bond acceptors (Lipinski definition) is 5. The van der Waals surface area contributed by atoms with Crippen molar-refractivity contribution < 1.29 is 14.0 Å². The molecule has 1 aliphatic rings. The van der Waals surface area contributed by atoms with E-state index in [0.717, 1.165) is 0 Å². The van der Waals surface area contributed by atoms with E-state index in [1.165, 1.54) is 30.9 Å². The Morgan fingerprint density at radius 3 is 2.61 bits per heavy atom. The van der Waals surface area contributed by atoms with Crippen LogP contribution in [-0.4, -0.2) is 69.1 Å². The second-order valence-corrected chi connectivity index (χ2v) is 7.56. The average Bonchev–Trinajstić information content (AvgIpc) is 3.28. The van der Waals surface area contributed by atoms with E-state index in [-0.39, 0.29) is 18.4 Å². The largest absolute Gasteiger partial charge is 0.336 e. The van der Waals surface area contributed by atoms with Crippen LogP contribution in [0.4, 0.5) is 10.1 Å². The monoisotopic (exact) mass is 442 g/mol. The molecule has 0 spiro atoms. The number of hydrogen-bond donors (Lipinski definition) is 1. The van der Waals surface area contributed by atoms with Crippen LogP contribution in [0.1, 0.15) is 10.4 Å². The van der Waals surface area contributed by atoms with Crippen molar-refractivity contribution in [1.29, 1.82) is 0 Å². The fourth-order valence-corrected chi connectivity index (χ4v) is 3.62. The molecule has 10 heteroatoms. The van der Waals surface area contributed by atoms with Crippen molar-refractivity contribution in [3.8, 4) is 5.69 Å². The van der Waals surface area contributed by atoms with Crippen molar-refractivity contribution in [1.82, 2.24) is 24.6 Å². The summed E-state index contributed by atoms with van der Waals surface area (Å²) in [5, 5.41) is 7.46. The molecule has 3 aromatic rings. The maximum Gasteiger partial charge on any atom is 0.254 e. The lowest BCUT2D eigenvalue weighted by molar-refractivity contribution is -0.117. The number of anilines is 1. The SMILES string of the molecule is O=C(CN1CCN(C(=O)c2cccc(F)c2)CC1)Nc1cc(Cl)ccc1-n1cncn1. The zero-order valence-corrected chi connectivity index (χ0v) is 17.3. The van der Waals surface area contributed by atoms with Crippen LogP contribution in [0.15, 0.2) is 55.1 Å². The normalized spacial score (nSPS) is 14.5. The lowest BCUT2D eigenvalue weighted by Gasteiger charge is -2.34. The van der Waals surface area contributed by atoms with E-state index >= 15 is 0 Å². The highest BCUT2D eigenvalue weighted by molar-refractivity contribution is 6.31. The maximum absolute atomic E-state index is 13.4. The van der Waals surface area contributed by atoms with Gasteiger partial charge in [0.05, 0.1) is 17.9 Å². The van der Waals surface area contributed by atoms with E-state index in [4.69, 9.17) is 11.6 Å². The van der Waals surface area contributed by atoms with Gasteiger partial charge in [0.2, 0.25) is 5.91 Å². The van der Waals surface area contributed by atoms with Crippen molar-refractivity contribution in [3.05, 3.63) is 71.5 Å². The minimum Gasteiger partial charge on any atom is -0.336 e. The number of carbonyl (C=O) groups is 2. The number of rotatable bonds is 5. The molecule has 0 radical (unpaired) electrons. The van der Waals surface area contributed by atoms with Gasteiger partial charge in [-0.15, -0.1) is 0 Å². The summed E-state index contributed by atoms with van der Waals surface area (Å²) in [5.74, 6) is -0.846. The number of amides is 2. The van der Waals surface area contributed by atoms with Crippen LogP contribution in [0.3, 0.4) is 0 Å². The predicted octanol–water partition coefficient (Wildman–Crippen LogP) is 2.46. The van der Waals surface area contributed by atoms with Gasteiger partial charge in [-0.1, -0.05) is 17.7 Å². The molecule has 0 bridgehead atoms. The molecular weight excluding hydrogens is 423 g/mol. The number of aromatic nitrogens is 3.